The van der Waals surface area contributed by atoms with Crippen molar-refractivity contribution in [1.29, 1.82) is 0 Å². The van der Waals surface area contributed by atoms with E-state index in [1.807, 2.05) is 0 Å². The zero-order valence-electron chi connectivity index (χ0n) is 14.5. The highest BCUT2D eigenvalue weighted by molar-refractivity contribution is 7.92. The number of aryl methyl sites for hydroxylation is 1. The highest BCUT2D eigenvalue weighted by Gasteiger charge is 2.35. The fourth-order valence-electron chi connectivity index (χ4n) is 3.40. The van der Waals surface area contributed by atoms with E-state index in [9.17, 15) is 13.2 Å². The maximum Gasteiger partial charge on any atom is 0.341 e. The zero-order valence-corrected chi connectivity index (χ0v) is 16.0. The molecule has 2 atom stereocenters. The minimum atomic E-state index is -3.72. The molecule has 2 aromatic rings. The number of hydrogen-bond donors (Lipinski definition) is 2. The quantitative estimate of drug-likeness (QED) is 0.759. The van der Waals surface area contributed by atoms with Crippen molar-refractivity contribution in [2.45, 2.75) is 35.4 Å². The number of rotatable bonds is 6. The number of aliphatic carboxylic acids is 1. The smallest absolute Gasteiger partial charge is 0.341 e. The summed E-state index contributed by atoms with van der Waals surface area (Å²) < 4.78 is 31.1. The molecule has 6 nitrogen and oxygen atoms in total. The second kappa shape index (κ2) is 7.88. The Morgan fingerprint density at radius 1 is 1.26 bits per heavy atom. The Kier molecular flexibility index (Phi) is 5.74. The first-order valence-corrected chi connectivity index (χ1v) is 10.4. The van der Waals surface area contributed by atoms with E-state index in [2.05, 4.69) is 0 Å². The number of carboxylic acid groups (broad SMARTS) is 1. The van der Waals surface area contributed by atoms with Gasteiger partial charge in [-0.1, -0.05) is 17.7 Å². The van der Waals surface area contributed by atoms with Crippen LogP contribution in [-0.4, -0.2) is 31.5 Å². The molecule has 0 amide bonds. The molecule has 2 unspecified atom stereocenters. The Labute approximate surface area is 162 Å². The lowest BCUT2D eigenvalue weighted by Gasteiger charge is -2.30. The van der Waals surface area contributed by atoms with Crippen LogP contribution in [0.2, 0.25) is 5.02 Å². The van der Waals surface area contributed by atoms with Crippen molar-refractivity contribution in [2.24, 2.45) is 5.73 Å². The summed E-state index contributed by atoms with van der Waals surface area (Å²) in [5.41, 5.74) is 8.03. The fraction of sp³-hybridized carbons (Fsp3) is 0.316. The number of ether oxygens (including phenoxy) is 1. The van der Waals surface area contributed by atoms with Gasteiger partial charge in [0.25, 0.3) is 0 Å². The largest absolute Gasteiger partial charge is 0.482 e. The normalized spacial score (nSPS) is 17.8. The SMILES string of the molecule is NC(C1CCCc2cc(OCC(=O)O)ccc21)S(=O)(=O)c1ccc(Cl)cc1. The molecule has 1 aliphatic carbocycles. The molecule has 2 aromatic carbocycles. The van der Waals surface area contributed by atoms with Crippen molar-refractivity contribution in [2.75, 3.05) is 6.61 Å². The van der Waals surface area contributed by atoms with Gasteiger partial charge in [0.2, 0.25) is 0 Å². The molecular formula is C19H20ClNO5S. The lowest BCUT2D eigenvalue weighted by Crippen LogP contribution is -2.38. The number of carboxylic acids is 1. The molecule has 0 radical (unpaired) electrons. The fourth-order valence-corrected chi connectivity index (χ4v) is 5.07. The van der Waals surface area contributed by atoms with Gasteiger partial charge in [-0.15, -0.1) is 0 Å². The summed E-state index contributed by atoms with van der Waals surface area (Å²) in [7, 11) is -3.72. The molecular weight excluding hydrogens is 390 g/mol. The van der Waals surface area contributed by atoms with Gasteiger partial charge in [-0.05, 0) is 66.8 Å². The number of nitrogens with two attached hydrogens (primary N) is 1. The summed E-state index contributed by atoms with van der Waals surface area (Å²) in [5.74, 6) is -0.949. The Bertz CT molecular complexity index is 943. The molecule has 3 rings (SSSR count). The van der Waals surface area contributed by atoms with Crippen LogP contribution >= 0.6 is 11.6 Å². The summed E-state index contributed by atoms with van der Waals surface area (Å²) in [5, 5.41) is 8.10. The predicted molar refractivity (Wildman–Crippen MR) is 102 cm³/mol. The first-order valence-electron chi connectivity index (χ1n) is 8.51. The van der Waals surface area contributed by atoms with Crippen molar-refractivity contribution >= 4 is 27.4 Å². The van der Waals surface area contributed by atoms with E-state index in [1.165, 1.54) is 24.3 Å². The van der Waals surface area contributed by atoms with Crippen LogP contribution in [-0.2, 0) is 21.1 Å². The highest BCUT2D eigenvalue weighted by Crippen LogP contribution is 2.38. The molecule has 0 heterocycles. The number of halogens is 1. The molecule has 0 bridgehead atoms. The maximum absolute atomic E-state index is 12.9. The molecule has 0 aliphatic heterocycles. The van der Waals surface area contributed by atoms with E-state index in [0.717, 1.165) is 24.0 Å². The van der Waals surface area contributed by atoms with Gasteiger partial charge in [-0.25, -0.2) is 13.2 Å². The van der Waals surface area contributed by atoms with Crippen LogP contribution in [0, 0.1) is 0 Å². The summed E-state index contributed by atoms with van der Waals surface area (Å²) in [6.07, 6.45) is 2.23. The van der Waals surface area contributed by atoms with E-state index in [-0.39, 0.29) is 10.8 Å². The third-order valence-electron chi connectivity index (χ3n) is 4.73. The van der Waals surface area contributed by atoms with Crippen molar-refractivity contribution in [1.82, 2.24) is 0 Å². The van der Waals surface area contributed by atoms with E-state index >= 15 is 0 Å². The molecule has 0 fully saturated rings. The maximum atomic E-state index is 12.9. The molecule has 8 heteroatoms. The average molecular weight is 410 g/mol. The van der Waals surface area contributed by atoms with Gasteiger partial charge in [-0.2, -0.15) is 0 Å². The second-order valence-corrected chi connectivity index (χ2v) is 9.05. The van der Waals surface area contributed by atoms with E-state index < -0.39 is 27.8 Å². The van der Waals surface area contributed by atoms with Crippen LogP contribution in [0.15, 0.2) is 47.4 Å². The third kappa shape index (κ3) is 4.26. The molecule has 0 spiro atoms. The van der Waals surface area contributed by atoms with Crippen LogP contribution in [0.3, 0.4) is 0 Å². The minimum absolute atomic E-state index is 0.146. The van der Waals surface area contributed by atoms with Gasteiger partial charge in [0.05, 0.1) is 4.90 Å². The predicted octanol–water partition coefficient (Wildman–Crippen LogP) is 2.98. The first-order chi connectivity index (χ1) is 12.8. The number of benzene rings is 2. The summed E-state index contributed by atoms with van der Waals surface area (Å²) >= 11 is 5.84. The van der Waals surface area contributed by atoms with Gasteiger partial charge in [0.15, 0.2) is 16.4 Å². The monoisotopic (exact) mass is 409 g/mol. The van der Waals surface area contributed by atoms with Crippen LogP contribution in [0.5, 0.6) is 5.75 Å². The third-order valence-corrected chi connectivity index (χ3v) is 6.96. The van der Waals surface area contributed by atoms with E-state index in [1.54, 1.807) is 18.2 Å². The van der Waals surface area contributed by atoms with Crippen LogP contribution in [0.25, 0.3) is 0 Å². The standard InChI is InChI=1S/C19H20ClNO5S/c20-13-4-7-15(8-5-13)27(24,25)19(21)17-3-1-2-12-10-14(6-9-16(12)17)26-11-18(22)23/h4-10,17,19H,1-3,11,21H2,(H,22,23). The van der Waals surface area contributed by atoms with Crippen LogP contribution in [0.4, 0.5) is 0 Å². The number of sulfone groups is 1. The Balaban J connectivity index is 1.88. The molecule has 27 heavy (non-hydrogen) atoms. The van der Waals surface area contributed by atoms with Gasteiger partial charge in [0, 0.05) is 10.9 Å². The number of hydrogen-bond acceptors (Lipinski definition) is 5. The lowest BCUT2D eigenvalue weighted by molar-refractivity contribution is -0.139. The summed E-state index contributed by atoms with van der Waals surface area (Å²) in [4.78, 5) is 10.8. The molecule has 3 N–H and O–H groups in total. The lowest BCUT2D eigenvalue weighted by atomic mass is 9.82. The summed E-state index contributed by atoms with van der Waals surface area (Å²) in [6, 6.07) is 11.2. The first kappa shape index (κ1) is 19.7. The Morgan fingerprint density at radius 3 is 2.63 bits per heavy atom. The second-order valence-electron chi connectivity index (χ2n) is 6.51. The topological polar surface area (TPSA) is 107 Å². The van der Waals surface area contributed by atoms with Gasteiger partial charge in [-0.3, -0.25) is 0 Å². The van der Waals surface area contributed by atoms with Crippen molar-refractivity contribution in [3.63, 3.8) is 0 Å². The van der Waals surface area contributed by atoms with Crippen molar-refractivity contribution in [3.8, 4) is 5.75 Å². The number of carbonyl (C=O) groups is 1. The van der Waals surface area contributed by atoms with Crippen molar-refractivity contribution < 1.29 is 23.1 Å². The van der Waals surface area contributed by atoms with Crippen LogP contribution in [0.1, 0.15) is 29.9 Å². The molecule has 144 valence electrons. The number of fused-ring (bicyclic) bond motifs is 1. The average Bonchev–Trinajstić information content (AvgIpc) is 2.65. The van der Waals surface area contributed by atoms with Gasteiger partial charge < -0.3 is 15.6 Å². The van der Waals surface area contributed by atoms with Gasteiger partial charge in [0.1, 0.15) is 11.1 Å². The molecule has 0 aromatic heterocycles. The molecule has 1 aliphatic rings. The molecule has 0 saturated carbocycles. The Morgan fingerprint density at radius 2 is 1.96 bits per heavy atom. The summed E-state index contributed by atoms with van der Waals surface area (Å²) in [6.45, 7) is -0.424. The van der Waals surface area contributed by atoms with Crippen LogP contribution < -0.4 is 10.5 Å². The van der Waals surface area contributed by atoms with Gasteiger partial charge >= 0.3 is 5.97 Å². The Hall–Kier alpha value is -2.09. The minimum Gasteiger partial charge on any atom is -0.482 e. The van der Waals surface area contributed by atoms with E-state index in [4.69, 9.17) is 27.2 Å². The van der Waals surface area contributed by atoms with E-state index in [0.29, 0.717) is 17.2 Å². The zero-order chi connectivity index (χ0) is 19.6. The van der Waals surface area contributed by atoms with Crippen molar-refractivity contribution in [3.05, 3.63) is 58.6 Å². The highest BCUT2D eigenvalue weighted by atomic mass is 35.5. The molecule has 0 saturated heterocycles.